The van der Waals surface area contributed by atoms with Gasteiger partial charge in [-0.25, -0.2) is 0 Å². The summed E-state index contributed by atoms with van der Waals surface area (Å²) in [5, 5.41) is 25.3. The molecule has 1 amide bonds. The van der Waals surface area contributed by atoms with Crippen LogP contribution >= 0.6 is 34.7 Å². The maximum atomic E-state index is 12.6. The molecule has 1 aromatic carbocycles. The van der Waals surface area contributed by atoms with E-state index in [1.165, 1.54) is 34.8 Å². The van der Waals surface area contributed by atoms with Gasteiger partial charge in [0, 0.05) is 34.6 Å². The molecule has 1 aliphatic heterocycles. The first-order valence-electron chi connectivity index (χ1n) is 10.4. The molecule has 33 heavy (non-hydrogen) atoms. The van der Waals surface area contributed by atoms with Gasteiger partial charge in [0.1, 0.15) is 0 Å². The summed E-state index contributed by atoms with van der Waals surface area (Å²) in [6.45, 7) is 3.47. The summed E-state index contributed by atoms with van der Waals surface area (Å²) >= 11 is 9.02. The molecule has 1 aliphatic rings. The number of carbonyl (C=O) groups is 1. The van der Waals surface area contributed by atoms with Crippen LogP contribution in [0.2, 0.25) is 5.02 Å². The number of non-ortho nitro benzene ring substituents is 1. The fraction of sp³-hybridized carbons (Fsp3) is 0.381. The number of anilines is 1. The standard InChI is InChI=1S/C21H22ClN5O4S2/c1-2-16-8-13(11-32-16)20-24-25-21(26(20)10-15-4-3-7-31-15)33-12-19(28)23-18-9-14(27(29)30)5-6-17(18)22/h5-6,8-9,11,15H,2-4,7,10,12H2,1H3,(H,23,28). The molecule has 1 saturated heterocycles. The predicted octanol–water partition coefficient (Wildman–Crippen LogP) is 5.04. The van der Waals surface area contributed by atoms with Crippen LogP contribution in [0, 0.1) is 10.1 Å². The molecular formula is C21H22ClN5O4S2. The number of aromatic nitrogens is 3. The maximum Gasteiger partial charge on any atom is 0.271 e. The Balaban J connectivity index is 1.49. The number of hydrogen-bond acceptors (Lipinski definition) is 8. The van der Waals surface area contributed by atoms with E-state index in [2.05, 4.69) is 33.9 Å². The molecule has 1 unspecified atom stereocenters. The number of thioether (sulfide) groups is 1. The smallest absolute Gasteiger partial charge is 0.271 e. The topological polar surface area (TPSA) is 112 Å². The van der Waals surface area contributed by atoms with Crippen LogP contribution in [0.25, 0.3) is 11.4 Å². The molecule has 0 bridgehead atoms. The number of rotatable bonds is 9. The van der Waals surface area contributed by atoms with E-state index in [1.807, 2.05) is 4.57 Å². The molecule has 3 heterocycles. The summed E-state index contributed by atoms with van der Waals surface area (Å²) in [6, 6.07) is 6.03. The third kappa shape index (κ3) is 5.72. The van der Waals surface area contributed by atoms with Gasteiger partial charge in [0.05, 0.1) is 34.0 Å². The van der Waals surface area contributed by atoms with Gasteiger partial charge in [0.2, 0.25) is 5.91 Å². The van der Waals surface area contributed by atoms with Crippen molar-refractivity contribution in [3.8, 4) is 11.4 Å². The lowest BCUT2D eigenvalue weighted by atomic mass is 10.2. The maximum absolute atomic E-state index is 12.6. The van der Waals surface area contributed by atoms with Gasteiger partial charge in [-0.05, 0) is 31.4 Å². The van der Waals surface area contributed by atoms with Gasteiger partial charge < -0.3 is 10.1 Å². The summed E-state index contributed by atoms with van der Waals surface area (Å²) < 4.78 is 7.82. The molecule has 12 heteroatoms. The summed E-state index contributed by atoms with van der Waals surface area (Å²) in [6.07, 6.45) is 3.03. The van der Waals surface area contributed by atoms with E-state index in [-0.39, 0.29) is 34.2 Å². The number of nitro benzene ring substituents is 1. The van der Waals surface area contributed by atoms with E-state index in [0.29, 0.717) is 11.7 Å². The lowest BCUT2D eigenvalue weighted by molar-refractivity contribution is -0.384. The van der Waals surface area contributed by atoms with E-state index in [0.717, 1.165) is 37.3 Å². The van der Waals surface area contributed by atoms with E-state index >= 15 is 0 Å². The number of carbonyl (C=O) groups excluding carboxylic acids is 1. The fourth-order valence-corrected chi connectivity index (χ4v) is 5.21. The number of thiophene rings is 1. The van der Waals surface area contributed by atoms with Crippen LogP contribution in [0.3, 0.4) is 0 Å². The molecular weight excluding hydrogens is 486 g/mol. The van der Waals surface area contributed by atoms with Crippen LogP contribution in [-0.4, -0.2) is 44.1 Å². The SMILES string of the molecule is CCc1cc(-c2nnc(SCC(=O)Nc3cc([N+](=O)[O-])ccc3Cl)n2CC2CCCO2)cs1. The zero-order valence-corrected chi connectivity index (χ0v) is 20.2. The lowest BCUT2D eigenvalue weighted by Gasteiger charge is -2.14. The Labute approximate surface area is 203 Å². The Morgan fingerprint density at radius 1 is 1.42 bits per heavy atom. The zero-order chi connectivity index (χ0) is 23.4. The first-order chi connectivity index (χ1) is 15.9. The van der Waals surface area contributed by atoms with Gasteiger partial charge >= 0.3 is 0 Å². The van der Waals surface area contributed by atoms with E-state index in [9.17, 15) is 14.9 Å². The van der Waals surface area contributed by atoms with Crippen LogP contribution < -0.4 is 5.32 Å². The van der Waals surface area contributed by atoms with Crippen molar-refractivity contribution >= 4 is 52.0 Å². The van der Waals surface area contributed by atoms with Gasteiger partial charge in [0.15, 0.2) is 11.0 Å². The van der Waals surface area contributed by atoms with Gasteiger partial charge in [-0.3, -0.25) is 19.5 Å². The minimum Gasteiger partial charge on any atom is -0.376 e. The Morgan fingerprint density at radius 3 is 2.97 bits per heavy atom. The minimum absolute atomic E-state index is 0.0481. The van der Waals surface area contributed by atoms with Crippen molar-refractivity contribution in [2.24, 2.45) is 0 Å². The minimum atomic E-state index is -0.537. The molecule has 4 rings (SSSR count). The zero-order valence-electron chi connectivity index (χ0n) is 17.8. The van der Waals surface area contributed by atoms with E-state index < -0.39 is 4.92 Å². The lowest BCUT2D eigenvalue weighted by Crippen LogP contribution is -2.18. The van der Waals surface area contributed by atoms with Crippen LogP contribution in [0.15, 0.2) is 34.8 Å². The summed E-state index contributed by atoms with van der Waals surface area (Å²) in [4.78, 5) is 24.3. The van der Waals surface area contributed by atoms with Crippen molar-refractivity contribution in [1.82, 2.24) is 14.8 Å². The van der Waals surface area contributed by atoms with Crippen LogP contribution in [-0.2, 0) is 22.5 Å². The average molecular weight is 508 g/mol. The number of nitrogens with zero attached hydrogens (tertiary/aromatic N) is 4. The first-order valence-corrected chi connectivity index (χ1v) is 12.7. The molecule has 0 radical (unpaired) electrons. The van der Waals surface area contributed by atoms with Crippen molar-refractivity contribution in [3.63, 3.8) is 0 Å². The van der Waals surface area contributed by atoms with Gasteiger partial charge in [-0.1, -0.05) is 30.3 Å². The monoisotopic (exact) mass is 507 g/mol. The number of ether oxygens (including phenoxy) is 1. The van der Waals surface area contributed by atoms with E-state index in [4.69, 9.17) is 16.3 Å². The molecule has 0 aliphatic carbocycles. The third-order valence-electron chi connectivity index (χ3n) is 5.15. The second-order valence-corrected chi connectivity index (χ2v) is 9.81. The molecule has 1 N–H and O–H groups in total. The number of nitrogens with one attached hydrogen (secondary N) is 1. The largest absolute Gasteiger partial charge is 0.376 e. The molecule has 0 saturated carbocycles. The van der Waals surface area contributed by atoms with Gasteiger partial charge in [0.25, 0.3) is 5.69 Å². The Morgan fingerprint density at radius 2 is 2.27 bits per heavy atom. The molecule has 9 nitrogen and oxygen atoms in total. The second kappa shape index (κ2) is 10.6. The molecule has 174 valence electrons. The van der Waals surface area contributed by atoms with Gasteiger partial charge in [-0.2, -0.15) is 0 Å². The highest BCUT2D eigenvalue weighted by molar-refractivity contribution is 7.99. The second-order valence-electron chi connectivity index (χ2n) is 7.47. The van der Waals surface area contributed by atoms with Crippen LogP contribution in [0.4, 0.5) is 11.4 Å². The quantitative estimate of drug-likeness (QED) is 0.245. The Kier molecular flexibility index (Phi) is 7.63. The summed E-state index contributed by atoms with van der Waals surface area (Å²) in [7, 11) is 0. The summed E-state index contributed by atoms with van der Waals surface area (Å²) in [5.41, 5.74) is 1.05. The molecule has 1 fully saturated rings. The number of hydrogen-bond donors (Lipinski definition) is 1. The normalized spacial score (nSPS) is 15.6. The van der Waals surface area contributed by atoms with Crippen molar-refractivity contribution < 1.29 is 14.5 Å². The number of amides is 1. The Bertz CT molecular complexity index is 1160. The highest BCUT2D eigenvalue weighted by Gasteiger charge is 2.23. The van der Waals surface area contributed by atoms with Crippen molar-refractivity contribution in [2.45, 2.75) is 44.0 Å². The number of nitro groups is 1. The predicted molar refractivity (Wildman–Crippen MR) is 129 cm³/mol. The van der Waals surface area contributed by atoms with Crippen molar-refractivity contribution in [2.75, 3.05) is 17.7 Å². The van der Waals surface area contributed by atoms with Crippen LogP contribution in [0.5, 0.6) is 0 Å². The molecule has 3 aromatic rings. The Hall–Kier alpha value is -2.47. The van der Waals surface area contributed by atoms with Gasteiger partial charge in [-0.15, -0.1) is 21.5 Å². The highest BCUT2D eigenvalue weighted by atomic mass is 35.5. The molecule has 2 aromatic heterocycles. The molecule has 1 atom stereocenters. The van der Waals surface area contributed by atoms with Crippen molar-refractivity contribution in [3.05, 3.63) is 49.7 Å². The molecule has 0 spiro atoms. The number of halogens is 1. The number of aryl methyl sites for hydroxylation is 1. The fourth-order valence-electron chi connectivity index (χ4n) is 3.49. The first kappa shape index (κ1) is 23.7. The summed E-state index contributed by atoms with van der Waals surface area (Å²) in [5.74, 6) is 0.456. The number of benzene rings is 1. The third-order valence-corrected chi connectivity index (χ3v) is 7.53. The average Bonchev–Trinajstić information content (AvgIpc) is 3.55. The highest BCUT2D eigenvalue weighted by Crippen LogP contribution is 2.30. The van der Waals surface area contributed by atoms with E-state index in [1.54, 1.807) is 11.3 Å². The van der Waals surface area contributed by atoms with Crippen LogP contribution in [0.1, 0.15) is 24.6 Å². The van der Waals surface area contributed by atoms with Crippen molar-refractivity contribution in [1.29, 1.82) is 0 Å².